The van der Waals surface area contributed by atoms with Gasteiger partial charge in [0, 0.05) is 26.2 Å². The first-order valence-electron chi connectivity index (χ1n) is 8.25. The minimum atomic E-state index is -0.295. The number of piperazine rings is 1. The first kappa shape index (κ1) is 16.1. The molecule has 0 N–H and O–H groups in total. The largest absolute Gasteiger partial charge is 0.304 e. The highest BCUT2D eigenvalue weighted by Gasteiger charge is 2.44. The molecule has 0 radical (unpaired) electrons. The number of benzene rings is 1. The Kier molecular flexibility index (Phi) is 4.25. The smallest absolute Gasteiger partial charge is 0.251 e. The number of rotatable bonds is 2. The van der Waals surface area contributed by atoms with E-state index >= 15 is 0 Å². The van der Waals surface area contributed by atoms with Gasteiger partial charge in [0.15, 0.2) is 0 Å². The second-order valence-corrected chi connectivity index (χ2v) is 6.87. The van der Waals surface area contributed by atoms with Gasteiger partial charge in [-0.3, -0.25) is 14.5 Å². The summed E-state index contributed by atoms with van der Waals surface area (Å²) in [5, 5.41) is 0. The van der Waals surface area contributed by atoms with Crippen molar-refractivity contribution in [1.82, 2.24) is 9.80 Å². The summed E-state index contributed by atoms with van der Waals surface area (Å²) in [6.45, 7) is 9.56. The van der Waals surface area contributed by atoms with Crippen molar-refractivity contribution >= 4 is 17.5 Å². The van der Waals surface area contributed by atoms with E-state index in [2.05, 4.69) is 16.8 Å². The maximum atomic E-state index is 12.9. The van der Waals surface area contributed by atoms with E-state index in [-0.39, 0.29) is 17.9 Å². The monoisotopic (exact) mass is 315 g/mol. The molecule has 2 amide bonds. The first-order chi connectivity index (χ1) is 10.9. The Labute approximate surface area is 137 Å². The first-order valence-corrected chi connectivity index (χ1v) is 8.25. The average Bonchev–Trinajstić information content (AvgIpc) is 2.75. The number of carbonyl (C=O) groups excluding carboxylic acids is 2. The molecular formula is C18H25N3O2. The topological polar surface area (TPSA) is 43.9 Å². The molecule has 1 atom stereocenters. The molecule has 5 nitrogen and oxygen atoms in total. The number of anilines is 1. The summed E-state index contributed by atoms with van der Waals surface area (Å²) in [4.78, 5) is 31.3. The van der Waals surface area contributed by atoms with Gasteiger partial charge in [-0.1, -0.05) is 17.7 Å². The van der Waals surface area contributed by atoms with Crippen molar-refractivity contribution in [3.05, 3.63) is 28.8 Å². The number of aryl methyl sites for hydroxylation is 3. The summed E-state index contributed by atoms with van der Waals surface area (Å²) in [6, 6.07) is 3.77. The molecule has 0 spiro atoms. The van der Waals surface area contributed by atoms with Gasteiger partial charge in [0.1, 0.15) is 0 Å². The van der Waals surface area contributed by atoms with Crippen molar-refractivity contribution in [3.8, 4) is 0 Å². The zero-order valence-corrected chi connectivity index (χ0v) is 14.4. The summed E-state index contributed by atoms with van der Waals surface area (Å²) < 4.78 is 0. The zero-order chi connectivity index (χ0) is 16.7. The molecule has 0 aliphatic carbocycles. The highest BCUT2D eigenvalue weighted by molar-refractivity contribution is 6.23. The summed E-state index contributed by atoms with van der Waals surface area (Å²) in [6.07, 6.45) is 0.301. The fraction of sp³-hybridized carbons (Fsp3) is 0.556. The van der Waals surface area contributed by atoms with Crippen LogP contribution in [0.5, 0.6) is 0 Å². The Morgan fingerprint density at radius 1 is 0.957 bits per heavy atom. The lowest BCUT2D eigenvalue weighted by Crippen LogP contribution is -2.51. The van der Waals surface area contributed by atoms with Gasteiger partial charge in [-0.05, 0) is 38.9 Å². The second-order valence-electron chi connectivity index (χ2n) is 6.87. The molecule has 0 aromatic heterocycles. The molecule has 2 aliphatic rings. The molecule has 124 valence electrons. The van der Waals surface area contributed by atoms with Crippen LogP contribution in [0.4, 0.5) is 5.69 Å². The molecular weight excluding hydrogens is 290 g/mol. The van der Waals surface area contributed by atoms with Crippen molar-refractivity contribution < 1.29 is 9.59 Å². The standard InChI is InChI=1S/C18H25N3O2/c1-12-9-13(2)17(14(3)10-12)21-16(22)11-15(18(21)23)20-7-5-19(4)6-8-20/h9-10,15H,5-8,11H2,1-4H3/t15-/m0/s1. The van der Waals surface area contributed by atoms with E-state index < -0.39 is 0 Å². The van der Waals surface area contributed by atoms with Crippen LogP contribution in [-0.4, -0.2) is 60.9 Å². The second kappa shape index (κ2) is 6.06. The fourth-order valence-corrected chi connectivity index (χ4v) is 3.79. The third-order valence-corrected chi connectivity index (χ3v) is 4.96. The highest BCUT2D eigenvalue weighted by Crippen LogP contribution is 2.32. The van der Waals surface area contributed by atoms with Crippen molar-refractivity contribution in [1.29, 1.82) is 0 Å². The minimum Gasteiger partial charge on any atom is -0.304 e. The van der Waals surface area contributed by atoms with E-state index in [1.54, 1.807) is 0 Å². The van der Waals surface area contributed by atoms with E-state index in [0.717, 1.165) is 48.6 Å². The number of carbonyl (C=O) groups is 2. The molecule has 2 heterocycles. The van der Waals surface area contributed by atoms with Gasteiger partial charge in [0.2, 0.25) is 5.91 Å². The minimum absolute atomic E-state index is 0.0605. The van der Waals surface area contributed by atoms with Gasteiger partial charge in [0.25, 0.3) is 5.91 Å². The predicted octanol–water partition coefficient (Wildman–Crippen LogP) is 1.49. The molecule has 0 bridgehead atoms. The Morgan fingerprint density at radius 3 is 2.09 bits per heavy atom. The van der Waals surface area contributed by atoms with Crippen LogP contribution in [0.3, 0.4) is 0 Å². The molecule has 0 saturated carbocycles. The number of amides is 2. The fourth-order valence-electron chi connectivity index (χ4n) is 3.79. The van der Waals surface area contributed by atoms with Crippen LogP contribution in [-0.2, 0) is 9.59 Å². The zero-order valence-electron chi connectivity index (χ0n) is 14.4. The van der Waals surface area contributed by atoms with E-state index in [0.29, 0.717) is 6.42 Å². The lowest BCUT2D eigenvalue weighted by Gasteiger charge is -2.35. The number of nitrogens with zero attached hydrogens (tertiary/aromatic N) is 3. The molecule has 5 heteroatoms. The molecule has 2 saturated heterocycles. The molecule has 1 aromatic rings. The average molecular weight is 315 g/mol. The van der Waals surface area contributed by atoms with Gasteiger partial charge in [-0.2, -0.15) is 0 Å². The Hall–Kier alpha value is -1.72. The molecule has 0 unspecified atom stereocenters. The van der Waals surface area contributed by atoms with Crippen LogP contribution in [0.15, 0.2) is 12.1 Å². The number of hydrogen-bond acceptors (Lipinski definition) is 4. The molecule has 2 fully saturated rings. The number of likely N-dealkylation sites (N-methyl/N-ethyl adjacent to an activating group) is 1. The van der Waals surface area contributed by atoms with Gasteiger partial charge >= 0.3 is 0 Å². The molecule has 1 aromatic carbocycles. The SMILES string of the molecule is Cc1cc(C)c(N2C(=O)C[C@H](N3CCN(C)CC3)C2=O)c(C)c1. The third-order valence-electron chi connectivity index (χ3n) is 4.96. The van der Waals surface area contributed by atoms with Crippen LogP contribution in [0.1, 0.15) is 23.1 Å². The summed E-state index contributed by atoms with van der Waals surface area (Å²) >= 11 is 0. The maximum Gasteiger partial charge on any atom is 0.251 e. The predicted molar refractivity (Wildman–Crippen MR) is 90.6 cm³/mol. The van der Waals surface area contributed by atoms with Crippen LogP contribution >= 0.6 is 0 Å². The highest BCUT2D eigenvalue weighted by atomic mass is 16.2. The van der Waals surface area contributed by atoms with E-state index in [1.807, 2.05) is 32.9 Å². The summed E-state index contributed by atoms with van der Waals surface area (Å²) in [5.41, 5.74) is 3.91. The Morgan fingerprint density at radius 2 is 1.52 bits per heavy atom. The van der Waals surface area contributed by atoms with E-state index in [1.165, 1.54) is 4.90 Å². The molecule has 2 aliphatic heterocycles. The Balaban J connectivity index is 1.88. The van der Waals surface area contributed by atoms with Crippen molar-refractivity contribution in [3.63, 3.8) is 0 Å². The molecule has 23 heavy (non-hydrogen) atoms. The third kappa shape index (κ3) is 2.91. The normalized spacial score (nSPS) is 23.8. The molecule has 3 rings (SSSR count). The lowest BCUT2D eigenvalue weighted by molar-refractivity contribution is -0.123. The van der Waals surface area contributed by atoms with E-state index in [4.69, 9.17) is 0 Å². The van der Waals surface area contributed by atoms with Crippen molar-refractivity contribution in [2.45, 2.75) is 33.2 Å². The van der Waals surface area contributed by atoms with Crippen LogP contribution in [0, 0.1) is 20.8 Å². The van der Waals surface area contributed by atoms with Crippen molar-refractivity contribution in [2.75, 3.05) is 38.1 Å². The number of imide groups is 1. The summed E-state index contributed by atoms with van der Waals surface area (Å²) in [5.74, 6) is -0.136. The van der Waals surface area contributed by atoms with E-state index in [9.17, 15) is 9.59 Å². The van der Waals surface area contributed by atoms with Crippen LogP contribution < -0.4 is 4.90 Å². The van der Waals surface area contributed by atoms with Gasteiger partial charge in [0.05, 0.1) is 18.2 Å². The number of hydrogen-bond donors (Lipinski definition) is 0. The van der Waals surface area contributed by atoms with Gasteiger partial charge in [-0.25, -0.2) is 4.90 Å². The maximum absolute atomic E-state index is 12.9. The van der Waals surface area contributed by atoms with Crippen LogP contribution in [0.2, 0.25) is 0 Å². The van der Waals surface area contributed by atoms with Crippen molar-refractivity contribution in [2.24, 2.45) is 0 Å². The summed E-state index contributed by atoms with van der Waals surface area (Å²) in [7, 11) is 2.09. The van der Waals surface area contributed by atoms with Gasteiger partial charge < -0.3 is 4.90 Å². The Bertz CT molecular complexity index is 625. The van der Waals surface area contributed by atoms with Gasteiger partial charge in [-0.15, -0.1) is 0 Å². The van der Waals surface area contributed by atoms with Crippen LogP contribution in [0.25, 0.3) is 0 Å². The quantitative estimate of drug-likeness (QED) is 0.776. The lowest BCUT2D eigenvalue weighted by atomic mass is 10.0.